The van der Waals surface area contributed by atoms with Gasteiger partial charge >= 0.3 is 0 Å². The lowest BCUT2D eigenvalue weighted by Gasteiger charge is -2.34. The number of carbonyl (C=O) groups excluding carboxylic acids is 1. The Bertz CT molecular complexity index is 450. The average Bonchev–Trinajstić information content (AvgIpc) is 2.73. The van der Waals surface area contributed by atoms with Gasteiger partial charge in [-0.25, -0.2) is 4.39 Å². The normalized spacial score (nSPS) is 18.4. The molecule has 4 heteroatoms. The third kappa shape index (κ3) is 3.01. The number of amides is 1. The quantitative estimate of drug-likeness (QED) is 0.864. The summed E-state index contributed by atoms with van der Waals surface area (Å²) in [5.41, 5.74) is 6.21. The van der Waals surface area contributed by atoms with Crippen LogP contribution in [0.5, 0.6) is 0 Å². The smallest absolute Gasteiger partial charge is 0.234 e. The fourth-order valence-electron chi connectivity index (χ4n) is 3.05. The van der Waals surface area contributed by atoms with Crippen LogP contribution < -0.4 is 10.6 Å². The van der Waals surface area contributed by atoms with Crippen LogP contribution in [0, 0.1) is 11.2 Å². The highest BCUT2D eigenvalue weighted by molar-refractivity contribution is 5.97. The van der Waals surface area contributed by atoms with Crippen LogP contribution in [0.2, 0.25) is 0 Å². The minimum atomic E-state index is -0.445. The van der Waals surface area contributed by atoms with Crippen molar-refractivity contribution in [1.82, 2.24) is 0 Å². The van der Waals surface area contributed by atoms with Gasteiger partial charge in [0.1, 0.15) is 5.82 Å². The van der Waals surface area contributed by atoms with Crippen molar-refractivity contribution in [2.75, 3.05) is 18.5 Å². The molecule has 2 N–H and O–H groups in total. The third-order valence-corrected chi connectivity index (χ3v) is 4.42. The number of hydrogen-bond donors (Lipinski definition) is 1. The molecule has 0 unspecified atom stereocenters. The largest absolute Gasteiger partial charge is 0.329 e. The van der Waals surface area contributed by atoms with E-state index >= 15 is 0 Å². The molecule has 0 atom stereocenters. The van der Waals surface area contributed by atoms with Crippen molar-refractivity contribution in [2.24, 2.45) is 11.1 Å². The number of halogens is 1. The molecule has 1 saturated carbocycles. The van der Waals surface area contributed by atoms with Gasteiger partial charge in [0.2, 0.25) is 5.91 Å². The van der Waals surface area contributed by atoms with Crippen molar-refractivity contribution in [1.29, 1.82) is 0 Å². The number of anilines is 1. The molecular formula is C16H23FN2O. The lowest BCUT2D eigenvalue weighted by atomic mass is 9.79. The van der Waals surface area contributed by atoms with E-state index in [9.17, 15) is 9.18 Å². The van der Waals surface area contributed by atoms with Gasteiger partial charge in [-0.05, 0) is 37.1 Å². The van der Waals surface area contributed by atoms with Crippen LogP contribution >= 0.6 is 0 Å². The molecule has 20 heavy (non-hydrogen) atoms. The number of carbonyl (C=O) groups is 1. The molecule has 2 rings (SSSR count). The van der Waals surface area contributed by atoms with Crippen molar-refractivity contribution >= 4 is 11.6 Å². The van der Waals surface area contributed by atoms with Crippen LogP contribution in [-0.2, 0) is 4.79 Å². The topological polar surface area (TPSA) is 46.3 Å². The van der Waals surface area contributed by atoms with Gasteiger partial charge in [0.15, 0.2) is 0 Å². The Labute approximate surface area is 120 Å². The molecule has 3 nitrogen and oxygen atoms in total. The van der Waals surface area contributed by atoms with Crippen LogP contribution in [0.25, 0.3) is 0 Å². The maximum atomic E-state index is 13.0. The van der Waals surface area contributed by atoms with Gasteiger partial charge in [-0.15, -0.1) is 0 Å². The SMILES string of the molecule is CN(C(=O)C1(CN)CCCCCC1)c1ccc(F)cc1. The third-order valence-electron chi connectivity index (χ3n) is 4.42. The maximum Gasteiger partial charge on any atom is 0.234 e. The van der Waals surface area contributed by atoms with Gasteiger partial charge in [0, 0.05) is 19.3 Å². The molecule has 1 amide bonds. The molecule has 0 saturated heterocycles. The van der Waals surface area contributed by atoms with Gasteiger partial charge in [0.25, 0.3) is 0 Å². The molecule has 1 fully saturated rings. The van der Waals surface area contributed by atoms with E-state index in [2.05, 4.69) is 0 Å². The number of nitrogens with two attached hydrogens (primary N) is 1. The van der Waals surface area contributed by atoms with Gasteiger partial charge < -0.3 is 10.6 Å². The number of hydrogen-bond acceptors (Lipinski definition) is 2. The highest BCUT2D eigenvalue weighted by atomic mass is 19.1. The molecule has 1 aliphatic carbocycles. The van der Waals surface area contributed by atoms with Crippen molar-refractivity contribution in [3.8, 4) is 0 Å². The molecule has 110 valence electrons. The number of benzene rings is 1. The minimum absolute atomic E-state index is 0.0634. The van der Waals surface area contributed by atoms with E-state index in [0.717, 1.165) is 25.7 Å². The van der Waals surface area contributed by atoms with E-state index in [1.807, 2.05) is 0 Å². The second kappa shape index (κ2) is 6.35. The van der Waals surface area contributed by atoms with Crippen LogP contribution in [0.1, 0.15) is 38.5 Å². The van der Waals surface area contributed by atoms with Crippen LogP contribution in [0.3, 0.4) is 0 Å². The van der Waals surface area contributed by atoms with E-state index in [1.54, 1.807) is 24.1 Å². The molecule has 0 aliphatic heterocycles. The predicted octanol–water partition coefficient (Wildman–Crippen LogP) is 3.09. The fourth-order valence-corrected chi connectivity index (χ4v) is 3.05. The first-order valence-corrected chi connectivity index (χ1v) is 7.33. The first kappa shape index (κ1) is 15.0. The molecule has 0 bridgehead atoms. The molecule has 0 radical (unpaired) electrons. The zero-order valence-electron chi connectivity index (χ0n) is 12.1. The zero-order valence-corrected chi connectivity index (χ0v) is 12.1. The Morgan fingerprint density at radius 1 is 1.20 bits per heavy atom. The fraction of sp³-hybridized carbons (Fsp3) is 0.562. The van der Waals surface area contributed by atoms with Gasteiger partial charge in [0.05, 0.1) is 5.41 Å². The Morgan fingerprint density at radius 2 is 1.75 bits per heavy atom. The summed E-state index contributed by atoms with van der Waals surface area (Å²) < 4.78 is 13.0. The predicted molar refractivity (Wildman–Crippen MR) is 79.0 cm³/mol. The first-order chi connectivity index (χ1) is 9.59. The summed E-state index contributed by atoms with van der Waals surface area (Å²) in [7, 11) is 1.75. The Hall–Kier alpha value is -1.42. The van der Waals surface area contributed by atoms with Crippen molar-refractivity contribution in [3.05, 3.63) is 30.1 Å². The molecule has 1 aromatic rings. The minimum Gasteiger partial charge on any atom is -0.329 e. The Balaban J connectivity index is 2.20. The molecule has 1 aromatic carbocycles. The zero-order chi connectivity index (χ0) is 14.6. The second-order valence-electron chi connectivity index (χ2n) is 5.74. The number of rotatable bonds is 3. The van der Waals surface area contributed by atoms with Crippen LogP contribution in [0.15, 0.2) is 24.3 Å². The Morgan fingerprint density at radius 3 is 2.25 bits per heavy atom. The summed E-state index contributed by atoms with van der Waals surface area (Å²) in [5.74, 6) is -0.230. The van der Waals surface area contributed by atoms with Crippen molar-refractivity contribution in [3.63, 3.8) is 0 Å². The molecule has 0 heterocycles. The summed E-state index contributed by atoms with van der Waals surface area (Å²) in [6, 6.07) is 6.02. The maximum absolute atomic E-state index is 13.0. The Kier molecular flexibility index (Phi) is 4.76. The summed E-state index contributed by atoms with van der Waals surface area (Å²) >= 11 is 0. The average molecular weight is 278 g/mol. The van der Waals surface area contributed by atoms with E-state index in [1.165, 1.54) is 25.0 Å². The molecule has 0 aromatic heterocycles. The summed E-state index contributed by atoms with van der Waals surface area (Å²) in [6.07, 6.45) is 6.17. The van der Waals surface area contributed by atoms with Crippen molar-refractivity contribution in [2.45, 2.75) is 38.5 Å². The van der Waals surface area contributed by atoms with Crippen LogP contribution in [0.4, 0.5) is 10.1 Å². The first-order valence-electron chi connectivity index (χ1n) is 7.33. The van der Waals surface area contributed by atoms with E-state index < -0.39 is 5.41 Å². The van der Waals surface area contributed by atoms with Crippen LogP contribution in [-0.4, -0.2) is 19.5 Å². The molecule has 1 aliphatic rings. The highest BCUT2D eigenvalue weighted by Gasteiger charge is 2.39. The summed E-state index contributed by atoms with van der Waals surface area (Å²) in [6.45, 7) is 0.386. The monoisotopic (exact) mass is 278 g/mol. The summed E-state index contributed by atoms with van der Waals surface area (Å²) in [4.78, 5) is 14.5. The second-order valence-corrected chi connectivity index (χ2v) is 5.74. The highest BCUT2D eigenvalue weighted by Crippen LogP contribution is 2.36. The van der Waals surface area contributed by atoms with E-state index in [0.29, 0.717) is 12.2 Å². The van der Waals surface area contributed by atoms with E-state index in [-0.39, 0.29) is 11.7 Å². The summed E-state index contributed by atoms with van der Waals surface area (Å²) in [5, 5.41) is 0. The molecule has 0 spiro atoms. The van der Waals surface area contributed by atoms with Gasteiger partial charge in [-0.1, -0.05) is 25.7 Å². The lowest BCUT2D eigenvalue weighted by molar-refractivity contribution is -0.128. The molecular weight excluding hydrogens is 255 g/mol. The van der Waals surface area contributed by atoms with Gasteiger partial charge in [-0.3, -0.25) is 4.79 Å². The van der Waals surface area contributed by atoms with E-state index in [4.69, 9.17) is 5.73 Å². The number of nitrogens with zero attached hydrogens (tertiary/aromatic N) is 1. The van der Waals surface area contributed by atoms with Gasteiger partial charge in [-0.2, -0.15) is 0 Å². The standard InChI is InChI=1S/C16H23FN2O/c1-19(14-8-6-13(17)7-9-14)15(20)16(12-18)10-4-2-3-5-11-16/h6-9H,2-5,10-12,18H2,1H3. The van der Waals surface area contributed by atoms with Crippen molar-refractivity contribution < 1.29 is 9.18 Å². The lowest BCUT2D eigenvalue weighted by Crippen LogP contribution is -2.46.